The molecule has 0 fully saturated rings. The average Bonchev–Trinajstić information content (AvgIpc) is 2.69. The molecule has 0 spiro atoms. The zero-order valence-corrected chi connectivity index (χ0v) is 8.64. The molecule has 0 aliphatic rings. The Morgan fingerprint density at radius 2 is 2.00 bits per heavy atom. The third-order valence-corrected chi connectivity index (χ3v) is 1.87. The van der Waals surface area contributed by atoms with E-state index in [0.29, 0.717) is 17.5 Å². The number of aromatic nitrogens is 3. The molecule has 0 amide bonds. The molecule has 0 aromatic carbocycles. The third-order valence-electron chi connectivity index (χ3n) is 1.87. The van der Waals surface area contributed by atoms with Gasteiger partial charge in [-0.1, -0.05) is 0 Å². The van der Waals surface area contributed by atoms with Crippen LogP contribution >= 0.6 is 0 Å². The molecule has 0 unspecified atom stereocenters. The quantitative estimate of drug-likeness (QED) is 0.822. The lowest BCUT2D eigenvalue weighted by Gasteiger charge is -2.08. The second-order valence-electron chi connectivity index (χ2n) is 3.04. The molecule has 1 N–H and O–H groups in total. The number of nitrogens with zero attached hydrogens (tertiary/aromatic N) is 3. The summed E-state index contributed by atoms with van der Waals surface area (Å²) in [6, 6.07) is 5.60. The first-order chi connectivity index (χ1) is 7.28. The fraction of sp³-hybridized carbons (Fsp3) is 0.200. The maximum Gasteiger partial charge on any atom is 0.218 e. The van der Waals surface area contributed by atoms with Crippen molar-refractivity contribution >= 4 is 5.82 Å². The Kier molecular flexibility index (Phi) is 2.53. The van der Waals surface area contributed by atoms with E-state index in [0.717, 1.165) is 0 Å². The highest BCUT2D eigenvalue weighted by molar-refractivity contribution is 5.38. The smallest absolute Gasteiger partial charge is 0.218 e. The first-order valence-electron chi connectivity index (χ1n) is 4.57. The summed E-state index contributed by atoms with van der Waals surface area (Å²) >= 11 is 0. The minimum absolute atomic E-state index is 0.553. The lowest BCUT2D eigenvalue weighted by molar-refractivity contribution is 0.396. The van der Waals surface area contributed by atoms with Crippen LogP contribution in [-0.4, -0.2) is 21.8 Å². The summed E-state index contributed by atoms with van der Waals surface area (Å²) in [6.45, 7) is 1.82. The van der Waals surface area contributed by atoms with Gasteiger partial charge in [0.25, 0.3) is 0 Å². The van der Waals surface area contributed by atoms with Crippen molar-refractivity contribution in [3.63, 3.8) is 0 Å². The summed E-state index contributed by atoms with van der Waals surface area (Å²) in [5.74, 6) is 1.93. The first-order valence-corrected chi connectivity index (χ1v) is 4.57. The van der Waals surface area contributed by atoms with Gasteiger partial charge in [0.15, 0.2) is 5.82 Å². The molecule has 2 aromatic heterocycles. The first kappa shape index (κ1) is 9.51. The Morgan fingerprint density at radius 3 is 2.67 bits per heavy atom. The van der Waals surface area contributed by atoms with Gasteiger partial charge in [-0.25, -0.2) is 4.98 Å². The summed E-state index contributed by atoms with van der Waals surface area (Å²) in [5, 5.41) is 0. The predicted molar refractivity (Wildman–Crippen MR) is 56.8 cm³/mol. The van der Waals surface area contributed by atoms with Crippen LogP contribution in [0.15, 0.2) is 30.6 Å². The average molecular weight is 204 g/mol. The fourth-order valence-corrected chi connectivity index (χ4v) is 1.24. The standard InChI is InChI=1S/C10H12N4O/c1-8-11-9(7-10(12-8)15-2)13-14-5-3-4-6-14/h3-7H,1-2H3,(H,11,12,13). The van der Waals surface area contributed by atoms with Gasteiger partial charge in [-0.2, -0.15) is 4.98 Å². The van der Waals surface area contributed by atoms with E-state index in [-0.39, 0.29) is 0 Å². The number of rotatable bonds is 3. The number of nitrogens with one attached hydrogen (secondary N) is 1. The van der Waals surface area contributed by atoms with Crippen molar-refractivity contribution in [2.24, 2.45) is 0 Å². The van der Waals surface area contributed by atoms with Crippen molar-refractivity contribution in [3.8, 4) is 5.88 Å². The lowest BCUT2D eigenvalue weighted by atomic mass is 10.5. The Morgan fingerprint density at radius 1 is 1.27 bits per heavy atom. The van der Waals surface area contributed by atoms with E-state index in [1.807, 2.05) is 31.5 Å². The molecule has 15 heavy (non-hydrogen) atoms. The van der Waals surface area contributed by atoms with Crippen LogP contribution in [0.1, 0.15) is 5.82 Å². The number of hydrogen-bond donors (Lipinski definition) is 1. The van der Waals surface area contributed by atoms with Crippen LogP contribution < -0.4 is 10.2 Å². The molecule has 5 nitrogen and oxygen atoms in total. The summed E-state index contributed by atoms with van der Waals surface area (Å²) < 4.78 is 6.86. The molecule has 0 saturated carbocycles. The van der Waals surface area contributed by atoms with Gasteiger partial charge < -0.3 is 4.74 Å². The van der Waals surface area contributed by atoms with Gasteiger partial charge in [-0.05, 0) is 19.1 Å². The van der Waals surface area contributed by atoms with E-state index in [4.69, 9.17) is 4.74 Å². The molecule has 2 heterocycles. The molecule has 0 atom stereocenters. The van der Waals surface area contributed by atoms with Crippen LogP contribution in [0.3, 0.4) is 0 Å². The molecule has 5 heteroatoms. The van der Waals surface area contributed by atoms with Crippen LogP contribution in [-0.2, 0) is 0 Å². The van der Waals surface area contributed by atoms with Crippen molar-refractivity contribution < 1.29 is 4.74 Å². The Labute approximate surface area is 87.7 Å². The predicted octanol–water partition coefficient (Wildman–Crippen LogP) is 1.47. The van der Waals surface area contributed by atoms with Crippen LogP contribution in [0, 0.1) is 6.92 Å². The van der Waals surface area contributed by atoms with Crippen LogP contribution in [0.25, 0.3) is 0 Å². The fourth-order valence-electron chi connectivity index (χ4n) is 1.24. The van der Waals surface area contributed by atoms with Gasteiger partial charge in [-0.3, -0.25) is 10.1 Å². The zero-order chi connectivity index (χ0) is 10.7. The summed E-state index contributed by atoms with van der Waals surface area (Å²) in [7, 11) is 1.58. The molecule has 0 aliphatic carbocycles. The normalized spacial score (nSPS) is 10.0. The molecular formula is C10H12N4O. The van der Waals surface area contributed by atoms with Gasteiger partial charge in [0.05, 0.1) is 7.11 Å². The monoisotopic (exact) mass is 204 g/mol. The highest BCUT2D eigenvalue weighted by Gasteiger charge is 2.01. The van der Waals surface area contributed by atoms with Crippen LogP contribution in [0.5, 0.6) is 5.88 Å². The maximum atomic E-state index is 5.05. The molecule has 2 aromatic rings. The number of hydrogen-bond acceptors (Lipinski definition) is 4. The molecule has 0 saturated heterocycles. The van der Waals surface area contributed by atoms with E-state index in [1.165, 1.54) is 0 Å². The van der Waals surface area contributed by atoms with Crippen molar-refractivity contribution in [1.82, 2.24) is 14.6 Å². The lowest BCUT2D eigenvalue weighted by Crippen LogP contribution is -2.08. The second-order valence-corrected chi connectivity index (χ2v) is 3.04. The number of ether oxygens (including phenoxy) is 1. The van der Waals surface area contributed by atoms with Gasteiger partial charge in [0.1, 0.15) is 5.82 Å². The maximum absolute atomic E-state index is 5.05. The summed E-state index contributed by atoms with van der Waals surface area (Å²) in [4.78, 5) is 8.33. The van der Waals surface area contributed by atoms with Crippen molar-refractivity contribution in [2.75, 3.05) is 12.5 Å². The topological polar surface area (TPSA) is 52.0 Å². The van der Waals surface area contributed by atoms with Crippen LogP contribution in [0.2, 0.25) is 0 Å². The highest BCUT2D eigenvalue weighted by atomic mass is 16.5. The summed E-state index contributed by atoms with van der Waals surface area (Å²) in [5.41, 5.74) is 3.08. The Bertz CT molecular complexity index is 439. The molecule has 0 radical (unpaired) electrons. The van der Waals surface area contributed by atoms with E-state index >= 15 is 0 Å². The minimum Gasteiger partial charge on any atom is -0.481 e. The SMILES string of the molecule is COc1cc(Nn2cccc2)nc(C)n1. The molecular weight excluding hydrogens is 192 g/mol. The molecule has 2 rings (SSSR count). The van der Waals surface area contributed by atoms with Crippen LogP contribution in [0.4, 0.5) is 5.82 Å². The van der Waals surface area contributed by atoms with E-state index < -0.39 is 0 Å². The van der Waals surface area contributed by atoms with Gasteiger partial charge >= 0.3 is 0 Å². The number of methoxy groups -OCH3 is 1. The molecule has 0 bridgehead atoms. The molecule has 0 aliphatic heterocycles. The van der Waals surface area contributed by atoms with Gasteiger partial charge in [-0.15, -0.1) is 0 Å². The van der Waals surface area contributed by atoms with E-state index in [1.54, 1.807) is 17.9 Å². The van der Waals surface area contributed by atoms with Crippen molar-refractivity contribution in [1.29, 1.82) is 0 Å². The minimum atomic E-state index is 0.553. The Balaban J connectivity index is 2.24. The zero-order valence-electron chi connectivity index (χ0n) is 8.64. The van der Waals surface area contributed by atoms with Crippen molar-refractivity contribution in [3.05, 3.63) is 36.4 Å². The van der Waals surface area contributed by atoms with Gasteiger partial charge in [0.2, 0.25) is 5.88 Å². The number of anilines is 1. The second kappa shape index (κ2) is 4.00. The molecule has 78 valence electrons. The van der Waals surface area contributed by atoms with Crippen molar-refractivity contribution in [2.45, 2.75) is 6.92 Å². The van der Waals surface area contributed by atoms with E-state index in [2.05, 4.69) is 15.4 Å². The largest absolute Gasteiger partial charge is 0.481 e. The van der Waals surface area contributed by atoms with E-state index in [9.17, 15) is 0 Å². The van der Waals surface area contributed by atoms with Gasteiger partial charge in [0, 0.05) is 18.5 Å². The third kappa shape index (κ3) is 2.25. The summed E-state index contributed by atoms with van der Waals surface area (Å²) in [6.07, 6.45) is 3.79. The number of aryl methyl sites for hydroxylation is 1. The Hall–Kier alpha value is -2.04. The highest BCUT2D eigenvalue weighted by Crippen LogP contribution is 2.12.